The van der Waals surface area contributed by atoms with Crippen molar-refractivity contribution < 1.29 is 9.13 Å². The standard InChI is InChI=1S/C15H17FN2O/c1-9-6-12(7-10(2)15(9)19-3)18-11-4-5-14(17)13(16)8-11/h4-8,18H,17H2,1-3H3. The van der Waals surface area contributed by atoms with Crippen molar-refractivity contribution in [3.8, 4) is 5.75 Å². The number of halogens is 1. The minimum atomic E-state index is -0.424. The minimum absolute atomic E-state index is 0.146. The van der Waals surface area contributed by atoms with E-state index in [9.17, 15) is 4.39 Å². The number of aryl methyl sites for hydroxylation is 2. The lowest BCUT2D eigenvalue weighted by atomic mass is 10.1. The average Bonchev–Trinajstić information content (AvgIpc) is 2.33. The summed E-state index contributed by atoms with van der Waals surface area (Å²) in [7, 11) is 1.65. The lowest BCUT2D eigenvalue weighted by Gasteiger charge is -2.13. The van der Waals surface area contributed by atoms with E-state index in [0.29, 0.717) is 5.69 Å². The summed E-state index contributed by atoms with van der Waals surface area (Å²) in [5.74, 6) is 0.445. The average molecular weight is 260 g/mol. The molecule has 2 aromatic carbocycles. The predicted molar refractivity (Wildman–Crippen MR) is 76.6 cm³/mol. The Morgan fingerprint density at radius 3 is 2.21 bits per heavy atom. The molecule has 0 radical (unpaired) electrons. The second-order valence-electron chi connectivity index (χ2n) is 4.50. The van der Waals surface area contributed by atoms with Gasteiger partial charge in [-0.15, -0.1) is 0 Å². The molecule has 0 aliphatic carbocycles. The van der Waals surface area contributed by atoms with Gasteiger partial charge < -0.3 is 15.8 Å². The molecule has 0 saturated heterocycles. The Balaban J connectivity index is 2.31. The van der Waals surface area contributed by atoms with Crippen molar-refractivity contribution >= 4 is 17.1 Å². The van der Waals surface area contributed by atoms with Crippen LogP contribution in [0.25, 0.3) is 0 Å². The molecule has 0 spiro atoms. The van der Waals surface area contributed by atoms with E-state index in [1.807, 2.05) is 26.0 Å². The molecule has 0 aliphatic rings. The largest absolute Gasteiger partial charge is 0.496 e. The summed E-state index contributed by atoms with van der Waals surface area (Å²) in [4.78, 5) is 0. The number of methoxy groups -OCH3 is 1. The lowest BCUT2D eigenvalue weighted by Crippen LogP contribution is -1.97. The highest BCUT2D eigenvalue weighted by Crippen LogP contribution is 2.29. The molecule has 0 amide bonds. The van der Waals surface area contributed by atoms with Crippen LogP contribution in [0.3, 0.4) is 0 Å². The Morgan fingerprint density at radius 2 is 1.68 bits per heavy atom. The fourth-order valence-electron chi connectivity index (χ4n) is 2.12. The molecule has 0 bridgehead atoms. The van der Waals surface area contributed by atoms with E-state index < -0.39 is 5.82 Å². The molecule has 0 saturated carbocycles. The molecular weight excluding hydrogens is 243 g/mol. The molecule has 2 aromatic rings. The Kier molecular flexibility index (Phi) is 3.60. The normalized spacial score (nSPS) is 10.3. The zero-order valence-electron chi connectivity index (χ0n) is 11.3. The number of ether oxygens (including phenoxy) is 1. The Morgan fingerprint density at radius 1 is 1.05 bits per heavy atom. The van der Waals surface area contributed by atoms with Crippen molar-refractivity contribution in [1.29, 1.82) is 0 Å². The van der Waals surface area contributed by atoms with Gasteiger partial charge in [-0.1, -0.05) is 0 Å². The summed E-state index contributed by atoms with van der Waals surface area (Å²) in [6.45, 7) is 3.95. The lowest BCUT2D eigenvalue weighted by molar-refractivity contribution is 0.408. The predicted octanol–water partition coefficient (Wildman–Crippen LogP) is 3.78. The van der Waals surface area contributed by atoms with Crippen molar-refractivity contribution in [2.75, 3.05) is 18.2 Å². The maximum atomic E-state index is 13.4. The number of hydrogen-bond donors (Lipinski definition) is 2. The maximum absolute atomic E-state index is 13.4. The Labute approximate surface area is 112 Å². The second-order valence-corrected chi connectivity index (χ2v) is 4.50. The number of hydrogen-bond acceptors (Lipinski definition) is 3. The third-order valence-corrected chi connectivity index (χ3v) is 2.95. The molecule has 3 nitrogen and oxygen atoms in total. The van der Waals surface area contributed by atoms with E-state index in [0.717, 1.165) is 22.6 Å². The highest BCUT2D eigenvalue weighted by molar-refractivity contribution is 5.65. The van der Waals surface area contributed by atoms with Gasteiger partial charge in [0, 0.05) is 11.4 Å². The van der Waals surface area contributed by atoms with Crippen LogP contribution < -0.4 is 15.8 Å². The number of anilines is 3. The quantitative estimate of drug-likeness (QED) is 0.826. The third kappa shape index (κ3) is 2.78. The molecule has 2 rings (SSSR count). The van der Waals surface area contributed by atoms with Gasteiger partial charge in [-0.3, -0.25) is 0 Å². The van der Waals surface area contributed by atoms with E-state index in [1.54, 1.807) is 19.2 Å². The summed E-state index contributed by atoms with van der Waals surface area (Å²) >= 11 is 0. The molecule has 3 N–H and O–H groups in total. The van der Waals surface area contributed by atoms with Crippen LogP contribution in [-0.4, -0.2) is 7.11 Å². The molecule has 4 heteroatoms. The second kappa shape index (κ2) is 5.18. The molecule has 0 atom stereocenters. The first-order valence-corrected chi connectivity index (χ1v) is 5.98. The Bertz CT molecular complexity index is 588. The van der Waals surface area contributed by atoms with Gasteiger partial charge in [0.1, 0.15) is 11.6 Å². The van der Waals surface area contributed by atoms with Gasteiger partial charge in [-0.2, -0.15) is 0 Å². The number of benzene rings is 2. The number of rotatable bonds is 3. The summed E-state index contributed by atoms with van der Waals surface area (Å²) in [6, 6.07) is 8.58. The first-order chi connectivity index (χ1) is 9.01. The van der Waals surface area contributed by atoms with Crippen LogP contribution in [0.2, 0.25) is 0 Å². The fourth-order valence-corrected chi connectivity index (χ4v) is 2.12. The summed E-state index contributed by atoms with van der Waals surface area (Å²) in [5.41, 5.74) is 9.20. The fraction of sp³-hybridized carbons (Fsp3) is 0.200. The smallest absolute Gasteiger partial charge is 0.148 e. The van der Waals surface area contributed by atoms with E-state index in [4.69, 9.17) is 10.5 Å². The molecule has 19 heavy (non-hydrogen) atoms. The first-order valence-electron chi connectivity index (χ1n) is 5.98. The number of nitrogens with two attached hydrogens (primary N) is 1. The highest BCUT2D eigenvalue weighted by Gasteiger charge is 2.06. The van der Waals surface area contributed by atoms with Crippen molar-refractivity contribution in [3.05, 3.63) is 47.3 Å². The van der Waals surface area contributed by atoms with E-state index in [2.05, 4.69) is 5.32 Å². The van der Waals surface area contributed by atoms with E-state index >= 15 is 0 Å². The minimum Gasteiger partial charge on any atom is -0.496 e. The van der Waals surface area contributed by atoms with Gasteiger partial charge in [0.2, 0.25) is 0 Å². The summed E-state index contributed by atoms with van der Waals surface area (Å²) in [6.07, 6.45) is 0. The van der Waals surface area contributed by atoms with Crippen LogP contribution in [0.1, 0.15) is 11.1 Å². The molecular formula is C15H17FN2O. The van der Waals surface area contributed by atoms with Gasteiger partial charge in [-0.25, -0.2) is 4.39 Å². The summed E-state index contributed by atoms with van der Waals surface area (Å²) in [5, 5.41) is 3.15. The van der Waals surface area contributed by atoms with E-state index in [1.165, 1.54) is 6.07 Å². The van der Waals surface area contributed by atoms with Crippen LogP contribution in [0.5, 0.6) is 5.75 Å². The van der Waals surface area contributed by atoms with Crippen LogP contribution in [0, 0.1) is 19.7 Å². The van der Waals surface area contributed by atoms with Gasteiger partial charge in [0.05, 0.1) is 12.8 Å². The van der Waals surface area contributed by atoms with Crippen LogP contribution in [0.15, 0.2) is 30.3 Å². The van der Waals surface area contributed by atoms with Crippen molar-refractivity contribution in [1.82, 2.24) is 0 Å². The summed E-state index contributed by atoms with van der Waals surface area (Å²) < 4.78 is 18.7. The number of nitrogens with one attached hydrogen (secondary N) is 1. The SMILES string of the molecule is COc1c(C)cc(Nc2ccc(N)c(F)c2)cc1C. The van der Waals surface area contributed by atoms with Crippen molar-refractivity contribution in [3.63, 3.8) is 0 Å². The highest BCUT2D eigenvalue weighted by atomic mass is 19.1. The van der Waals surface area contributed by atoms with Crippen LogP contribution in [0.4, 0.5) is 21.5 Å². The molecule has 0 heterocycles. The first kappa shape index (κ1) is 13.2. The number of nitrogen functional groups attached to an aromatic ring is 1. The zero-order valence-corrected chi connectivity index (χ0v) is 11.3. The maximum Gasteiger partial charge on any atom is 0.148 e. The van der Waals surface area contributed by atoms with Crippen LogP contribution in [-0.2, 0) is 0 Å². The van der Waals surface area contributed by atoms with Crippen LogP contribution >= 0.6 is 0 Å². The molecule has 0 fully saturated rings. The van der Waals surface area contributed by atoms with E-state index in [-0.39, 0.29) is 5.69 Å². The topological polar surface area (TPSA) is 47.3 Å². The van der Waals surface area contributed by atoms with Crippen molar-refractivity contribution in [2.45, 2.75) is 13.8 Å². The van der Waals surface area contributed by atoms with Gasteiger partial charge >= 0.3 is 0 Å². The molecule has 0 unspecified atom stereocenters. The molecule has 0 aromatic heterocycles. The Hall–Kier alpha value is -2.23. The van der Waals surface area contributed by atoms with Gasteiger partial charge in [0.15, 0.2) is 0 Å². The van der Waals surface area contributed by atoms with Gasteiger partial charge in [0.25, 0.3) is 0 Å². The molecule has 100 valence electrons. The third-order valence-electron chi connectivity index (χ3n) is 2.95. The zero-order chi connectivity index (χ0) is 14.0. The molecule has 0 aliphatic heterocycles. The van der Waals surface area contributed by atoms with Gasteiger partial charge in [-0.05, 0) is 55.3 Å². The monoisotopic (exact) mass is 260 g/mol. The van der Waals surface area contributed by atoms with Crippen molar-refractivity contribution in [2.24, 2.45) is 0 Å².